The number of ether oxygens (including phenoxy) is 1. The first kappa shape index (κ1) is 19.9. The van der Waals surface area contributed by atoms with Crippen molar-refractivity contribution in [3.8, 4) is 17.1 Å². The van der Waals surface area contributed by atoms with E-state index in [2.05, 4.69) is 20.3 Å². The van der Waals surface area contributed by atoms with Gasteiger partial charge < -0.3 is 15.2 Å². The summed E-state index contributed by atoms with van der Waals surface area (Å²) in [7, 11) is 0. The Bertz CT molecular complexity index is 785. The third kappa shape index (κ3) is 5.56. The van der Waals surface area contributed by atoms with Crippen LogP contribution in [0.2, 0.25) is 5.28 Å². The number of halogens is 1. The first-order chi connectivity index (χ1) is 12.2. The molecule has 0 aliphatic rings. The van der Waals surface area contributed by atoms with Gasteiger partial charge in [-0.1, -0.05) is 13.8 Å². The molecule has 1 amide bonds. The monoisotopic (exact) mass is 378 g/mol. The Kier molecular flexibility index (Phi) is 6.37. The molecule has 0 aliphatic heterocycles. The highest BCUT2D eigenvalue weighted by molar-refractivity contribution is 6.28. The number of aromatic nitrogens is 3. The number of nitrogens with zero attached hydrogens (tertiary/aromatic N) is 3. The van der Waals surface area contributed by atoms with Gasteiger partial charge in [-0.25, -0.2) is 19.7 Å². The molecule has 140 valence electrons. The minimum absolute atomic E-state index is 0.159. The molecule has 2 aromatic heterocycles. The van der Waals surface area contributed by atoms with Crippen molar-refractivity contribution in [3.63, 3.8) is 0 Å². The van der Waals surface area contributed by atoms with Crippen molar-refractivity contribution in [2.75, 3.05) is 6.61 Å². The molecule has 0 radical (unpaired) electrons. The second-order valence-electron chi connectivity index (χ2n) is 6.87. The minimum atomic E-state index is -1.07. The molecule has 1 atom stereocenters. The molecule has 0 fully saturated rings. The van der Waals surface area contributed by atoms with Crippen LogP contribution in [0.15, 0.2) is 24.4 Å². The van der Waals surface area contributed by atoms with Crippen LogP contribution in [0.3, 0.4) is 0 Å². The predicted molar refractivity (Wildman–Crippen MR) is 99.5 cm³/mol. The quantitative estimate of drug-likeness (QED) is 0.708. The summed E-state index contributed by atoms with van der Waals surface area (Å²) in [5.41, 5.74) is 1.27. The van der Waals surface area contributed by atoms with Gasteiger partial charge in [-0.3, -0.25) is 0 Å². The highest BCUT2D eigenvalue weighted by atomic mass is 35.5. The average Bonchev–Trinajstić information content (AvgIpc) is 2.52. The molecule has 2 aromatic rings. The normalized spacial score (nSPS) is 13.3. The first-order valence-electron chi connectivity index (χ1n) is 8.29. The third-order valence-electron chi connectivity index (χ3n) is 3.74. The molecule has 0 saturated carbocycles. The van der Waals surface area contributed by atoms with Gasteiger partial charge in [0.2, 0.25) is 5.28 Å². The molecule has 8 heteroatoms. The van der Waals surface area contributed by atoms with Crippen molar-refractivity contribution in [2.24, 2.45) is 5.92 Å². The van der Waals surface area contributed by atoms with Crippen molar-refractivity contribution >= 4 is 17.7 Å². The smallest absolute Gasteiger partial charge is 0.405 e. The van der Waals surface area contributed by atoms with Gasteiger partial charge in [0.1, 0.15) is 12.4 Å². The van der Waals surface area contributed by atoms with Crippen LogP contribution in [-0.2, 0) is 0 Å². The van der Waals surface area contributed by atoms with E-state index in [0.717, 1.165) is 0 Å². The second kappa shape index (κ2) is 8.31. The molecule has 0 bridgehead atoms. The van der Waals surface area contributed by atoms with E-state index in [1.54, 1.807) is 24.4 Å². The highest BCUT2D eigenvalue weighted by Crippen LogP contribution is 2.24. The Morgan fingerprint density at radius 2 is 2.00 bits per heavy atom. The van der Waals surface area contributed by atoms with E-state index in [1.807, 2.05) is 27.7 Å². The summed E-state index contributed by atoms with van der Waals surface area (Å²) in [5, 5.41) is 11.8. The zero-order valence-corrected chi connectivity index (χ0v) is 16.0. The lowest BCUT2D eigenvalue weighted by atomic mass is 9.91. The van der Waals surface area contributed by atoms with E-state index in [9.17, 15) is 4.79 Å². The number of amides is 1. The number of aryl methyl sites for hydroxylation is 1. The molecule has 7 nitrogen and oxygen atoms in total. The molecule has 2 heterocycles. The molecule has 0 spiro atoms. The van der Waals surface area contributed by atoms with Gasteiger partial charge in [0.05, 0.1) is 22.6 Å². The molecule has 2 rings (SSSR count). The number of hydrogen-bond acceptors (Lipinski definition) is 5. The van der Waals surface area contributed by atoms with E-state index in [-0.39, 0.29) is 11.9 Å². The Labute approximate surface area is 157 Å². The molecule has 0 aliphatic carbocycles. The van der Waals surface area contributed by atoms with Crippen LogP contribution >= 0.6 is 11.6 Å². The lowest BCUT2D eigenvalue weighted by molar-refractivity contribution is 0.142. The Morgan fingerprint density at radius 1 is 1.31 bits per heavy atom. The maximum absolute atomic E-state index is 11.1. The average molecular weight is 379 g/mol. The van der Waals surface area contributed by atoms with Gasteiger partial charge >= 0.3 is 6.09 Å². The molecular formula is C18H23ClN4O3. The topological polar surface area (TPSA) is 97.2 Å². The van der Waals surface area contributed by atoms with E-state index < -0.39 is 11.6 Å². The molecule has 0 saturated heterocycles. The Hall–Kier alpha value is -2.41. The number of pyridine rings is 1. The van der Waals surface area contributed by atoms with Crippen molar-refractivity contribution in [1.82, 2.24) is 20.3 Å². The molecular weight excluding hydrogens is 356 g/mol. The zero-order chi connectivity index (χ0) is 19.3. The van der Waals surface area contributed by atoms with Crippen LogP contribution in [0.1, 0.15) is 32.9 Å². The Balaban J connectivity index is 2.15. The van der Waals surface area contributed by atoms with Crippen LogP contribution in [0.5, 0.6) is 5.75 Å². The van der Waals surface area contributed by atoms with Crippen LogP contribution in [0.4, 0.5) is 4.79 Å². The maximum Gasteiger partial charge on any atom is 0.405 e. The Morgan fingerprint density at radius 3 is 2.58 bits per heavy atom. The third-order valence-corrected chi connectivity index (χ3v) is 3.92. The summed E-state index contributed by atoms with van der Waals surface area (Å²) in [5.74, 6) is 0.913. The number of hydrogen-bond donors (Lipinski definition) is 2. The van der Waals surface area contributed by atoms with Gasteiger partial charge in [-0.15, -0.1) is 0 Å². The van der Waals surface area contributed by atoms with Crippen molar-refractivity contribution in [3.05, 3.63) is 35.4 Å². The molecule has 26 heavy (non-hydrogen) atoms. The molecule has 2 N–H and O–H groups in total. The SMILES string of the molecule is Cc1nc(-c2ccnc(Cl)n2)ccc1OCC(C)(CC(C)C)NC(=O)O. The zero-order valence-electron chi connectivity index (χ0n) is 15.3. The largest absolute Gasteiger partial charge is 0.489 e. The van der Waals surface area contributed by atoms with Crippen LogP contribution < -0.4 is 10.1 Å². The number of rotatable bonds is 7. The standard InChI is InChI=1S/C18H23ClN4O3/c1-11(2)9-18(4,23-17(24)25)10-26-15-6-5-13(21-12(15)3)14-7-8-20-16(19)22-14/h5-8,11,23H,9-10H2,1-4H3,(H,24,25). The summed E-state index contributed by atoms with van der Waals surface area (Å²) in [4.78, 5) is 23.6. The summed E-state index contributed by atoms with van der Waals surface area (Å²) >= 11 is 5.82. The van der Waals surface area contributed by atoms with Gasteiger partial charge in [0.25, 0.3) is 0 Å². The summed E-state index contributed by atoms with van der Waals surface area (Å²) in [6.07, 6.45) is 1.16. The fourth-order valence-corrected chi connectivity index (χ4v) is 3.01. The lowest BCUT2D eigenvalue weighted by Crippen LogP contribution is -2.50. The van der Waals surface area contributed by atoms with Crippen molar-refractivity contribution in [1.29, 1.82) is 0 Å². The van der Waals surface area contributed by atoms with Crippen LogP contribution in [0, 0.1) is 12.8 Å². The minimum Gasteiger partial charge on any atom is -0.489 e. The van der Waals surface area contributed by atoms with E-state index in [4.69, 9.17) is 21.4 Å². The van der Waals surface area contributed by atoms with Gasteiger partial charge in [-0.05, 0) is 56.0 Å². The van der Waals surface area contributed by atoms with E-state index in [1.165, 1.54) is 0 Å². The van der Waals surface area contributed by atoms with Gasteiger partial charge in [0, 0.05) is 6.20 Å². The summed E-state index contributed by atoms with van der Waals surface area (Å²) in [6.45, 7) is 7.94. The van der Waals surface area contributed by atoms with Crippen LogP contribution in [-0.4, -0.2) is 38.3 Å². The first-order valence-corrected chi connectivity index (χ1v) is 8.67. The lowest BCUT2D eigenvalue weighted by Gasteiger charge is -2.31. The fraction of sp³-hybridized carbons (Fsp3) is 0.444. The number of carbonyl (C=O) groups is 1. The van der Waals surface area contributed by atoms with Gasteiger partial charge in [-0.2, -0.15) is 0 Å². The molecule has 1 unspecified atom stereocenters. The molecule has 0 aromatic carbocycles. The van der Waals surface area contributed by atoms with Gasteiger partial charge in [0.15, 0.2) is 0 Å². The van der Waals surface area contributed by atoms with E-state index >= 15 is 0 Å². The van der Waals surface area contributed by atoms with Crippen molar-refractivity contribution in [2.45, 2.75) is 39.7 Å². The van der Waals surface area contributed by atoms with Crippen molar-refractivity contribution < 1.29 is 14.6 Å². The second-order valence-corrected chi connectivity index (χ2v) is 7.21. The maximum atomic E-state index is 11.1. The predicted octanol–water partition coefficient (Wildman–Crippen LogP) is 3.95. The van der Waals surface area contributed by atoms with E-state index in [0.29, 0.717) is 35.2 Å². The highest BCUT2D eigenvalue weighted by Gasteiger charge is 2.28. The van der Waals surface area contributed by atoms with Crippen LogP contribution in [0.25, 0.3) is 11.4 Å². The number of carboxylic acid groups (broad SMARTS) is 1. The summed E-state index contributed by atoms with van der Waals surface area (Å²) in [6, 6.07) is 5.31. The fourth-order valence-electron chi connectivity index (χ4n) is 2.86. The summed E-state index contributed by atoms with van der Waals surface area (Å²) < 4.78 is 5.87. The number of nitrogens with one attached hydrogen (secondary N) is 1.